The van der Waals surface area contributed by atoms with Gasteiger partial charge in [0.05, 0.1) is 31.2 Å². The summed E-state index contributed by atoms with van der Waals surface area (Å²) in [6.07, 6.45) is 2.85. The second-order valence-electron chi connectivity index (χ2n) is 7.89. The second kappa shape index (κ2) is 8.03. The number of carbonyl (C=O) groups is 2. The summed E-state index contributed by atoms with van der Waals surface area (Å²) in [6.45, 7) is 5.41. The van der Waals surface area contributed by atoms with Crippen molar-refractivity contribution in [1.82, 2.24) is 10.3 Å². The van der Waals surface area contributed by atoms with Crippen molar-refractivity contribution in [3.05, 3.63) is 64.5 Å². The highest BCUT2D eigenvalue weighted by molar-refractivity contribution is 6.49. The molecule has 164 valence electrons. The van der Waals surface area contributed by atoms with Crippen LogP contribution in [-0.2, 0) is 9.63 Å². The van der Waals surface area contributed by atoms with E-state index in [4.69, 9.17) is 4.84 Å². The van der Waals surface area contributed by atoms with Crippen LogP contribution in [0.2, 0.25) is 0 Å². The molecule has 0 bridgehead atoms. The lowest BCUT2D eigenvalue weighted by Gasteiger charge is -2.19. The molecular formula is C22H19F2N5O3. The summed E-state index contributed by atoms with van der Waals surface area (Å²) in [4.78, 5) is 42.0. The molecule has 10 heteroatoms. The van der Waals surface area contributed by atoms with Crippen LogP contribution in [-0.4, -0.2) is 46.6 Å². The quantitative estimate of drug-likeness (QED) is 0.794. The number of aryl methyl sites for hydroxylation is 1. The van der Waals surface area contributed by atoms with Crippen molar-refractivity contribution in [3.63, 3.8) is 0 Å². The number of pyridine rings is 1. The lowest BCUT2D eigenvalue weighted by Crippen LogP contribution is -2.35. The van der Waals surface area contributed by atoms with E-state index in [0.29, 0.717) is 5.56 Å². The van der Waals surface area contributed by atoms with Crippen LogP contribution in [0.15, 0.2) is 45.7 Å². The Morgan fingerprint density at radius 1 is 1.22 bits per heavy atom. The Balaban J connectivity index is 1.50. The predicted octanol–water partition coefficient (Wildman–Crippen LogP) is 2.70. The van der Waals surface area contributed by atoms with Gasteiger partial charge in [-0.25, -0.2) is 8.78 Å². The molecule has 1 atom stereocenters. The molecular weight excluding hydrogens is 420 g/mol. The standard InChI is InChI=1S/C22H19F2N5O3/c1-11-4-5-12(19-20(30)22(2,3)32-29-19)6-13(11)16-9-27-17(10-26-16)28-21(31)18-14(23)7-25-8-15(18)24/h4-8,10,16H,9H2,1-3H3,(H,27,28,31). The molecule has 0 spiro atoms. The molecule has 0 saturated carbocycles. The van der Waals surface area contributed by atoms with E-state index in [-0.39, 0.29) is 29.9 Å². The maximum Gasteiger partial charge on any atom is 0.262 e. The van der Waals surface area contributed by atoms with E-state index in [2.05, 4.69) is 25.4 Å². The number of oxime groups is 1. The van der Waals surface area contributed by atoms with Crippen LogP contribution in [0.1, 0.15) is 46.9 Å². The summed E-state index contributed by atoms with van der Waals surface area (Å²) < 4.78 is 27.5. The van der Waals surface area contributed by atoms with Gasteiger partial charge in [-0.05, 0) is 38.0 Å². The Labute approximate surface area is 182 Å². The van der Waals surface area contributed by atoms with Gasteiger partial charge in [0.25, 0.3) is 5.91 Å². The zero-order chi connectivity index (χ0) is 23.0. The molecule has 3 heterocycles. The molecule has 32 heavy (non-hydrogen) atoms. The van der Waals surface area contributed by atoms with Crippen LogP contribution in [0.25, 0.3) is 0 Å². The molecule has 2 aromatic rings. The van der Waals surface area contributed by atoms with Crippen LogP contribution in [0, 0.1) is 18.6 Å². The normalized spacial score (nSPS) is 19.3. The zero-order valence-electron chi connectivity index (χ0n) is 17.5. The topological polar surface area (TPSA) is 105 Å². The number of carbonyl (C=O) groups excluding carboxylic acids is 2. The summed E-state index contributed by atoms with van der Waals surface area (Å²) in [5.41, 5.74) is 0.880. The molecule has 0 fully saturated rings. The first-order valence-corrected chi connectivity index (χ1v) is 9.77. The number of halogens is 2. The van der Waals surface area contributed by atoms with Gasteiger partial charge in [0.1, 0.15) is 11.4 Å². The largest absolute Gasteiger partial charge is 0.381 e. The van der Waals surface area contributed by atoms with Gasteiger partial charge in [0.2, 0.25) is 5.78 Å². The Hall–Kier alpha value is -3.82. The maximum absolute atomic E-state index is 13.7. The molecule has 4 rings (SSSR count). The monoisotopic (exact) mass is 439 g/mol. The fraction of sp³-hybridized carbons (Fsp3) is 0.273. The van der Waals surface area contributed by atoms with Crippen LogP contribution in [0.4, 0.5) is 8.78 Å². The van der Waals surface area contributed by atoms with E-state index >= 15 is 0 Å². The molecule has 0 radical (unpaired) electrons. The van der Waals surface area contributed by atoms with Gasteiger partial charge < -0.3 is 10.2 Å². The number of amidine groups is 1. The van der Waals surface area contributed by atoms with Gasteiger partial charge in [-0.15, -0.1) is 0 Å². The summed E-state index contributed by atoms with van der Waals surface area (Å²) in [5, 5.41) is 6.28. The Bertz CT molecular complexity index is 1200. The number of benzene rings is 1. The van der Waals surface area contributed by atoms with Crippen LogP contribution in [0.5, 0.6) is 0 Å². The fourth-order valence-corrected chi connectivity index (χ4v) is 3.35. The zero-order valence-corrected chi connectivity index (χ0v) is 17.5. The third-order valence-corrected chi connectivity index (χ3v) is 5.17. The van der Waals surface area contributed by atoms with Crippen molar-refractivity contribution in [2.24, 2.45) is 15.1 Å². The SMILES string of the molecule is Cc1ccc(C2=NOC(C)(C)C2=O)cc1C1CN=C(NC(=O)c2c(F)cncc2F)C=N1. The third-order valence-electron chi connectivity index (χ3n) is 5.17. The number of aromatic nitrogens is 1. The molecule has 8 nitrogen and oxygen atoms in total. The predicted molar refractivity (Wildman–Crippen MR) is 113 cm³/mol. The van der Waals surface area contributed by atoms with Crippen molar-refractivity contribution in [3.8, 4) is 0 Å². The van der Waals surface area contributed by atoms with Crippen molar-refractivity contribution in [2.75, 3.05) is 6.54 Å². The number of aliphatic imine (C=N–C) groups is 2. The highest BCUT2D eigenvalue weighted by atomic mass is 19.1. The van der Waals surface area contributed by atoms with Crippen molar-refractivity contribution in [2.45, 2.75) is 32.4 Å². The molecule has 1 unspecified atom stereocenters. The van der Waals surface area contributed by atoms with Crippen LogP contribution in [0.3, 0.4) is 0 Å². The number of nitrogens with zero attached hydrogens (tertiary/aromatic N) is 4. The van der Waals surface area contributed by atoms with Crippen molar-refractivity contribution >= 4 is 29.5 Å². The Morgan fingerprint density at radius 2 is 1.94 bits per heavy atom. The number of ketones is 1. The smallest absolute Gasteiger partial charge is 0.262 e. The van der Waals surface area contributed by atoms with Gasteiger partial charge in [-0.3, -0.25) is 24.6 Å². The first-order valence-electron chi connectivity index (χ1n) is 9.77. The third kappa shape index (κ3) is 3.91. The summed E-state index contributed by atoms with van der Waals surface area (Å²) in [5.74, 6) is -3.25. The van der Waals surface area contributed by atoms with Crippen molar-refractivity contribution in [1.29, 1.82) is 0 Å². The van der Waals surface area contributed by atoms with Gasteiger partial charge in [0.15, 0.2) is 22.9 Å². The molecule has 1 aromatic carbocycles. The summed E-state index contributed by atoms with van der Waals surface area (Å²) in [7, 11) is 0. The number of amides is 1. The van der Waals surface area contributed by atoms with E-state index in [1.807, 2.05) is 19.1 Å². The second-order valence-corrected chi connectivity index (χ2v) is 7.89. The Kier molecular flexibility index (Phi) is 5.37. The number of rotatable bonds is 3. The first kappa shape index (κ1) is 21.4. The average Bonchev–Trinajstić information content (AvgIpc) is 3.02. The lowest BCUT2D eigenvalue weighted by molar-refractivity contribution is -0.128. The van der Waals surface area contributed by atoms with Gasteiger partial charge in [-0.2, -0.15) is 0 Å². The Morgan fingerprint density at radius 3 is 2.53 bits per heavy atom. The van der Waals surface area contributed by atoms with Gasteiger partial charge >= 0.3 is 0 Å². The highest BCUT2D eigenvalue weighted by Gasteiger charge is 2.40. The van der Waals surface area contributed by atoms with E-state index in [0.717, 1.165) is 23.5 Å². The highest BCUT2D eigenvalue weighted by Crippen LogP contribution is 2.28. The van der Waals surface area contributed by atoms with E-state index in [1.54, 1.807) is 19.9 Å². The molecule has 0 saturated heterocycles. The molecule has 2 aliphatic rings. The average molecular weight is 439 g/mol. The minimum atomic E-state index is -1.07. The molecule has 0 aliphatic carbocycles. The van der Waals surface area contributed by atoms with Gasteiger partial charge in [0, 0.05) is 5.56 Å². The fourth-order valence-electron chi connectivity index (χ4n) is 3.35. The van der Waals surface area contributed by atoms with E-state index in [1.165, 1.54) is 6.21 Å². The minimum Gasteiger partial charge on any atom is -0.381 e. The number of nitrogens with one attached hydrogen (secondary N) is 1. The van der Waals surface area contributed by atoms with Crippen LogP contribution >= 0.6 is 0 Å². The maximum atomic E-state index is 13.7. The van der Waals surface area contributed by atoms with Crippen molar-refractivity contribution < 1.29 is 23.2 Å². The van der Waals surface area contributed by atoms with E-state index < -0.39 is 28.7 Å². The lowest BCUT2D eigenvalue weighted by atomic mass is 9.92. The minimum absolute atomic E-state index is 0.0844. The molecule has 1 amide bonds. The summed E-state index contributed by atoms with van der Waals surface area (Å²) >= 11 is 0. The first-order chi connectivity index (χ1) is 15.2. The number of hydrogen-bond acceptors (Lipinski definition) is 7. The molecule has 1 aromatic heterocycles. The van der Waals surface area contributed by atoms with Crippen LogP contribution < -0.4 is 5.32 Å². The molecule has 1 N–H and O–H groups in total. The van der Waals surface area contributed by atoms with E-state index in [9.17, 15) is 18.4 Å². The number of hydrogen-bond donors (Lipinski definition) is 1. The number of Topliss-reactive ketones (excluding diaryl/α,β-unsaturated/α-hetero) is 1. The molecule has 2 aliphatic heterocycles. The van der Waals surface area contributed by atoms with Gasteiger partial charge in [-0.1, -0.05) is 17.3 Å². The summed E-state index contributed by atoms with van der Waals surface area (Å²) in [6, 6.07) is 5.10.